The van der Waals surface area contributed by atoms with Gasteiger partial charge in [0.1, 0.15) is 0 Å². The van der Waals surface area contributed by atoms with Gasteiger partial charge in [-0.2, -0.15) is 0 Å². The molecule has 0 saturated heterocycles. The topological polar surface area (TPSA) is 59.3 Å². The molecule has 0 N–H and O–H groups in total. The van der Waals surface area contributed by atoms with Gasteiger partial charge in [-0.1, -0.05) is 0 Å². The second kappa shape index (κ2) is 4.25. The zero-order chi connectivity index (χ0) is 13.4. The number of benzene rings is 1. The first-order valence-electron chi connectivity index (χ1n) is 5.64. The fourth-order valence-electron chi connectivity index (χ4n) is 2.04. The van der Waals surface area contributed by atoms with Crippen molar-refractivity contribution in [3.63, 3.8) is 0 Å². The summed E-state index contributed by atoms with van der Waals surface area (Å²) in [5, 5.41) is 11.8. The fraction of sp³-hybridized carbons (Fsp3) is 0.308. The maximum atomic E-state index is 11.0. The van der Waals surface area contributed by atoms with Crippen molar-refractivity contribution in [2.24, 2.45) is 0 Å². The summed E-state index contributed by atoms with van der Waals surface area (Å²) in [7, 11) is 3.83. The van der Waals surface area contributed by atoms with Gasteiger partial charge >= 0.3 is 0 Å². The average molecular weight is 245 g/mol. The first-order chi connectivity index (χ1) is 8.40. The van der Waals surface area contributed by atoms with E-state index in [4.69, 9.17) is 0 Å². The molecule has 2 rings (SSSR count). The molecule has 0 saturated carbocycles. The summed E-state index contributed by atoms with van der Waals surface area (Å²) in [6.07, 6.45) is 0. The molecule has 1 aromatic heterocycles. The van der Waals surface area contributed by atoms with Crippen LogP contribution in [-0.2, 0) is 0 Å². The Kier molecular flexibility index (Phi) is 2.90. The van der Waals surface area contributed by atoms with Crippen molar-refractivity contribution in [3.8, 4) is 0 Å². The zero-order valence-electron chi connectivity index (χ0n) is 10.9. The van der Waals surface area contributed by atoms with Crippen LogP contribution in [-0.4, -0.2) is 24.0 Å². The number of aromatic nitrogens is 1. The van der Waals surface area contributed by atoms with E-state index < -0.39 is 0 Å². The number of anilines is 1. The number of nitrogens with zero attached hydrogens (tertiary/aromatic N) is 3. The molecular formula is C13H15N3O2. The molecule has 0 amide bonds. The average Bonchev–Trinajstić information content (AvgIpc) is 2.26. The lowest BCUT2D eigenvalue weighted by molar-refractivity contribution is -0.385. The monoisotopic (exact) mass is 245 g/mol. The summed E-state index contributed by atoms with van der Waals surface area (Å²) in [6.45, 7) is 3.65. The molecule has 0 aliphatic rings. The van der Waals surface area contributed by atoms with E-state index in [0.29, 0.717) is 5.56 Å². The van der Waals surface area contributed by atoms with Gasteiger partial charge in [-0.3, -0.25) is 15.1 Å². The molecule has 1 aromatic carbocycles. The minimum atomic E-state index is -0.353. The van der Waals surface area contributed by atoms with E-state index in [9.17, 15) is 10.1 Å². The highest BCUT2D eigenvalue weighted by Crippen LogP contribution is 2.31. The Hall–Kier alpha value is -2.17. The van der Waals surface area contributed by atoms with Gasteiger partial charge in [0.2, 0.25) is 0 Å². The second-order valence-corrected chi connectivity index (χ2v) is 4.59. The molecule has 5 nitrogen and oxygen atoms in total. The molecular weight excluding hydrogens is 230 g/mol. The van der Waals surface area contributed by atoms with Crippen LogP contribution in [0.25, 0.3) is 10.9 Å². The third-order valence-corrected chi connectivity index (χ3v) is 2.91. The van der Waals surface area contributed by atoms with E-state index in [1.807, 2.05) is 32.0 Å². The van der Waals surface area contributed by atoms with Crippen LogP contribution in [0, 0.1) is 24.0 Å². The van der Waals surface area contributed by atoms with Crippen LogP contribution >= 0.6 is 0 Å². The number of nitro groups is 1. The number of hydrogen-bond acceptors (Lipinski definition) is 4. The Labute approximate surface area is 105 Å². The van der Waals surface area contributed by atoms with Crippen LogP contribution in [0.5, 0.6) is 0 Å². The largest absolute Gasteiger partial charge is 0.377 e. The Morgan fingerprint density at radius 3 is 2.44 bits per heavy atom. The Bertz CT molecular complexity index is 636. The fourth-order valence-corrected chi connectivity index (χ4v) is 2.04. The number of nitro benzene ring substituents is 1. The summed E-state index contributed by atoms with van der Waals surface area (Å²) in [5.41, 5.74) is 3.41. The summed E-state index contributed by atoms with van der Waals surface area (Å²) < 4.78 is 0. The lowest BCUT2D eigenvalue weighted by Crippen LogP contribution is -2.10. The zero-order valence-corrected chi connectivity index (χ0v) is 10.9. The van der Waals surface area contributed by atoms with E-state index in [-0.39, 0.29) is 10.6 Å². The molecule has 5 heteroatoms. The summed E-state index contributed by atoms with van der Waals surface area (Å²) in [5.74, 6) is 0. The predicted octanol–water partition coefficient (Wildman–Crippen LogP) is 2.83. The number of aryl methyl sites for hydroxylation is 2. The van der Waals surface area contributed by atoms with Gasteiger partial charge in [-0.05, 0) is 26.0 Å². The highest BCUT2D eigenvalue weighted by Gasteiger charge is 2.15. The van der Waals surface area contributed by atoms with Crippen molar-refractivity contribution in [1.29, 1.82) is 0 Å². The van der Waals surface area contributed by atoms with Gasteiger partial charge in [0.05, 0.1) is 10.4 Å². The van der Waals surface area contributed by atoms with E-state index in [1.165, 1.54) is 0 Å². The molecule has 0 radical (unpaired) electrons. The second-order valence-electron chi connectivity index (χ2n) is 4.59. The molecule has 1 heterocycles. The Morgan fingerprint density at radius 2 is 1.89 bits per heavy atom. The van der Waals surface area contributed by atoms with Crippen LogP contribution in [0.2, 0.25) is 0 Å². The van der Waals surface area contributed by atoms with Crippen LogP contribution in [0.15, 0.2) is 18.2 Å². The maximum absolute atomic E-state index is 11.0. The van der Waals surface area contributed by atoms with Gasteiger partial charge in [0, 0.05) is 42.5 Å². The molecule has 0 fully saturated rings. The van der Waals surface area contributed by atoms with Gasteiger partial charge in [-0.25, -0.2) is 0 Å². The van der Waals surface area contributed by atoms with Crippen molar-refractivity contribution in [2.75, 3.05) is 19.0 Å². The maximum Gasteiger partial charge on any atom is 0.273 e. The number of rotatable bonds is 2. The summed E-state index contributed by atoms with van der Waals surface area (Å²) in [4.78, 5) is 17.0. The van der Waals surface area contributed by atoms with Gasteiger partial charge in [0.15, 0.2) is 0 Å². The van der Waals surface area contributed by atoms with Crippen LogP contribution < -0.4 is 4.90 Å². The smallest absolute Gasteiger partial charge is 0.273 e. The highest BCUT2D eigenvalue weighted by atomic mass is 16.6. The van der Waals surface area contributed by atoms with Crippen LogP contribution in [0.4, 0.5) is 11.4 Å². The first-order valence-corrected chi connectivity index (χ1v) is 5.64. The summed E-state index contributed by atoms with van der Waals surface area (Å²) in [6, 6.07) is 5.31. The van der Waals surface area contributed by atoms with Crippen molar-refractivity contribution in [1.82, 2.24) is 4.98 Å². The molecule has 0 aliphatic carbocycles. The SMILES string of the molecule is Cc1cc(N(C)C)c2cc([N+](=O)[O-])c(C)cc2n1. The van der Waals surface area contributed by atoms with Gasteiger partial charge < -0.3 is 4.90 Å². The first kappa shape index (κ1) is 12.3. The van der Waals surface area contributed by atoms with E-state index in [2.05, 4.69) is 4.98 Å². The Morgan fingerprint density at radius 1 is 1.22 bits per heavy atom. The normalized spacial score (nSPS) is 10.7. The lowest BCUT2D eigenvalue weighted by atomic mass is 10.1. The molecule has 0 atom stereocenters. The number of fused-ring (bicyclic) bond motifs is 1. The molecule has 94 valence electrons. The van der Waals surface area contributed by atoms with Crippen molar-refractivity contribution in [2.45, 2.75) is 13.8 Å². The number of pyridine rings is 1. The number of hydrogen-bond donors (Lipinski definition) is 0. The quantitative estimate of drug-likeness (QED) is 0.603. The van der Waals surface area contributed by atoms with E-state index >= 15 is 0 Å². The third kappa shape index (κ3) is 1.99. The molecule has 18 heavy (non-hydrogen) atoms. The molecule has 0 bridgehead atoms. The van der Waals surface area contributed by atoms with E-state index in [1.54, 1.807) is 19.1 Å². The third-order valence-electron chi connectivity index (χ3n) is 2.91. The van der Waals surface area contributed by atoms with Crippen molar-refractivity contribution >= 4 is 22.3 Å². The summed E-state index contributed by atoms with van der Waals surface area (Å²) >= 11 is 0. The van der Waals surface area contributed by atoms with Crippen molar-refractivity contribution < 1.29 is 4.92 Å². The molecule has 0 unspecified atom stereocenters. The van der Waals surface area contributed by atoms with Crippen molar-refractivity contribution in [3.05, 3.63) is 39.6 Å². The van der Waals surface area contributed by atoms with Gasteiger partial charge in [-0.15, -0.1) is 0 Å². The van der Waals surface area contributed by atoms with Gasteiger partial charge in [0.25, 0.3) is 5.69 Å². The standard InChI is InChI=1S/C13H15N3O2/c1-8-5-11-10(7-12(8)16(17)18)13(15(3)4)6-9(2)14-11/h5-7H,1-4H3. The van der Waals surface area contributed by atoms with E-state index in [0.717, 1.165) is 22.3 Å². The molecule has 2 aromatic rings. The lowest BCUT2D eigenvalue weighted by Gasteiger charge is -2.16. The minimum Gasteiger partial charge on any atom is -0.377 e. The Balaban J connectivity index is 2.85. The highest BCUT2D eigenvalue weighted by molar-refractivity contribution is 5.94. The molecule has 0 aliphatic heterocycles. The predicted molar refractivity (Wildman–Crippen MR) is 72.2 cm³/mol. The van der Waals surface area contributed by atoms with Crippen LogP contribution in [0.3, 0.4) is 0 Å². The minimum absolute atomic E-state index is 0.135. The van der Waals surface area contributed by atoms with Crippen LogP contribution in [0.1, 0.15) is 11.3 Å². The molecule has 0 spiro atoms.